The first-order valence-corrected chi connectivity index (χ1v) is 13.2. The average Bonchev–Trinajstić information content (AvgIpc) is 2.82. The molecule has 208 valence electrons. The zero-order chi connectivity index (χ0) is 28.0. The molecule has 1 aromatic rings. The lowest BCUT2D eigenvalue weighted by molar-refractivity contribution is -0.185. The molecule has 0 saturated heterocycles. The molecule has 0 aromatic heterocycles. The largest absolute Gasteiger partial charge is 0.477 e. The molecule has 9 heteroatoms. The highest BCUT2D eigenvalue weighted by Gasteiger charge is 2.44. The summed E-state index contributed by atoms with van der Waals surface area (Å²) in [6, 6.07) is 4.22. The Morgan fingerprint density at radius 2 is 1.46 bits per heavy atom. The summed E-state index contributed by atoms with van der Waals surface area (Å²) in [5, 5.41) is 13.1. The average molecular weight is 522 g/mol. The van der Waals surface area contributed by atoms with Gasteiger partial charge in [0.2, 0.25) is 0 Å². The Labute approximate surface area is 220 Å². The molecule has 0 radical (unpaired) electrons. The minimum Gasteiger partial charge on any atom is -0.477 e. The summed E-state index contributed by atoms with van der Waals surface area (Å²) in [7, 11) is 0. The van der Waals surface area contributed by atoms with Gasteiger partial charge in [-0.1, -0.05) is 53.5 Å². The van der Waals surface area contributed by atoms with Gasteiger partial charge in [0, 0.05) is 31.7 Å². The Morgan fingerprint density at radius 1 is 0.892 bits per heavy atom. The second-order valence-electron chi connectivity index (χ2n) is 9.77. The number of aliphatic carboxylic acids is 1. The maximum atomic E-state index is 12.6. The number of rotatable bonds is 17. The molecule has 37 heavy (non-hydrogen) atoms. The van der Waals surface area contributed by atoms with Crippen LogP contribution in [0.3, 0.4) is 0 Å². The number of carbonyl (C=O) groups is 4. The van der Waals surface area contributed by atoms with Gasteiger partial charge in [0.25, 0.3) is 5.72 Å². The van der Waals surface area contributed by atoms with Crippen LogP contribution in [0.1, 0.15) is 98.5 Å². The quantitative estimate of drug-likeness (QED) is 0.162. The summed E-state index contributed by atoms with van der Waals surface area (Å²) in [6.07, 6.45) is 3.75. The van der Waals surface area contributed by atoms with Crippen LogP contribution in [0, 0.1) is 5.92 Å². The number of ether oxygens (including phenoxy) is 3. The SMILES string of the molecule is CCCCC(=O)Oc1ccc(C[C@](NC(C)CC)(OC(=O)CC(C)C)C(=O)O)cc1OC(=O)CCCC. The highest BCUT2D eigenvalue weighted by molar-refractivity contribution is 5.82. The molecule has 0 bridgehead atoms. The van der Waals surface area contributed by atoms with E-state index in [2.05, 4.69) is 5.32 Å². The van der Waals surface area contributed by atoms with Crippen molar-refractivity contribution in [3.05, 3.63) is 23.8 Å². The van der Waals surface area contributed by atoms with Gasteiger partial charge in [-0.05, 0) is 49.8 Å². The molecule has 1 unspecified atom stereocenters. The zero-order valence-corrected chi connectivity index (χ0v) is 23.1. The molecule has 1 aromatic carbocycles. The number of nitrogens with one attached hydrogen (secondary N) is 1. The molecule has 1 rings (SSSR count). The first kappa shape index (κ1) is 32.1. The van der Waals surface area contributed by atoms with Crippen molar-refractivity contribution in [3.8, 4) is 11.5 Å². The molecule has 0 amide bonds. The van der Waals surface area contributed by atoms with Crippen LogP contribution in [0.4, 0.5) is 0 Å². The van der Waals surface area contributed by atoms with Gasteiger partial charge in [-0.2, -0.15) is 0 Å². The molecule has 0 heterocycles. The highest BCUT2D eigenvalue weighted by Crippen LogP contribution is 2.32. The second kappa shape index (κ2) is 16.0. The van der Waals surface area contributed by atoms with Crippen LogP contribution in [0.5, 0.6) is 11.5 Å². The van der Waals surface area contributed by atoms with E-state index in [1.807, 2.05) is 34.6 Å². The Morgan fingerprint density at radius 3 is 1.95 bits per heavy atom. The maximum absolute atomic E-state index is 12.6. The summed E-state index contributed by atoms with van der Waals surface area (Å²) < 4.78 is 16.5. The smallest absolute Gasteiger partial charge is 0.364 e. The van der Waals surface area contributed by atoms with Gasteiger partial charge in [0.1, 0.15) is 0 Å². The molecule has 0 fully saturated rings. The molecule has 0 saturated carbocycles. The van der Waals surface area contributed by atoms with E-state index in [1.165, 1.54) is 12.1 Å². The molecule has 2 N–H and O–H groups in total. The summed E-state index contributed by atoms with van der Waals surface area (Å²) in [5.74, 6) is -2.86. The Hall–Kier alpha value is -2.94. The monoisotopic (exact) mass is 521 g/mol. The topological polar surface area (TPSA) is 128 Å². The molecular weight excluding hydrogens is 478 g/mol. The van der Waals surface area contributed by atoms with Crippen LogP contribution in [-0.2, 0) is 30.3 Å². The van der Waals surface area contributed by atoms with Gasteiger partial charge in [-0.25, -0.2) is 4.79 Å². The van der Waals surface area contributed by atoms with E-state index in [0.717, 1.165) is 12.8 Å². The van der Waals surface area contributed by atoms with Crippen LogP contribution in [0.2, 0.25) is 0 Å². The van der Waals surface area contributed by atoms with Crippen molar-refractivity contribution in [2.45, 2.75) is 111 Å². The maximum Gasteiger partial charge on any atom is 0.364 e. The lowest BCUT2D eigenvalue weighted by Crippen LogP contribution is -2.59. The number of benzene rings is 1. The molecule has 0 aliphatic heterocycles. The number of carboxylic acid groups (broad SMARTS) is 1. The van der Waals surface area contributed by atoms with Crippen LogP contribution in [0.15, 0.2) is 18.2 Å². The van der Waals surface area contributed by atoms with E-state index in [9.17, 15) is 24.3 Å². The van der Waals surface area contributed by atoms with Gasteiger partial charge in [0.15, 0.2) is 11.5 Å². The fourth-order valence-electron chi connectivity index (χ4n) is 3.47. The number of carbonyl (C=O) groups excluding carboxylic acids is 3. The van der Waals surface area contributed by atoms with E-state index < -0.39 is 29.6 Å². The van der Waals surface area contributed by atoms with Crippen molar-refractivity contribution < 1.29 is 38.5 Å². The summed E-state index contributed by atoms with van der Waals surface area (Å²) in [6.45, 7) is 11.3. The third kappa shape index (κ3) is 11.3. The number of esters is 3. The normalized spacial score (nSPS) is 13.5. The molecule has 0 spiro atoms. The fraction of sp³-hybridized carbons (Fsp3) is 0.643. The van der Waals surface area contributed by atoms with Crippen molar-refractivity contribution in [1.82, 2.24) is 5.32 Å². The van der Waals surface area contributed by atoms with Gasteiger partial charge >= 0.3 is 23.9 Å². The third-order valence-electron chi connectivity index (χ3n) is 5.68. The number of hydrogen-bond donors (Lipinski definition) is 2. The number of unbranched alkanes of at least 4 members (excludes halogenated alkanes) is 2. The van der Waals surface area contributed by atoms with E-state index in [1.54, 1.807) is 13.0 Å². The summed E-state index contributed by atoms with van der Waals surface area (Å²) in [5.41, 5.74) is -1.62. The van der Waals surface area contributed by atoms with Crippen LogP contribution in [0.25, 0.3) is 0 Å². The second-order valence-corrected chi connectivity index (χ2v) is 9.77. The van der Waals surface area contributed by atoms with Crippen molar-refractivity contribution in [2.24, 2.45) is 5.92 Å². The van der Waals surface area contributed by atoms with Crippen molar-refractivity contribution in [1.29, 1.82) is 0 Å². The Bertz CT molecular complexity index is 913. The first-order chi connectivity index (χ1) is 17.5. The lowest BCUT2D eigenvalue weighted by Gasteiger charge is -2.33. The minimum atomic E-state index is -2.04. The zero-order valence-electron chi connectivity index (χ0n) is 23.1. The first-order valence-electron chi connectivity index (χ1n) is 13.2. The summed E-state index contributed by atoms with van der Waals surface area (Å²) >= 11 is 0. The predicted molar refractivity (Wildman–Crippen MR) is 139 cm³/mol. The minimum absolute atomic E-state index is 0.0137. The molecule has 0 aliphatic carbocycles. The van der Waals surface area contributed by atoms with Crippen molar-refractivity contribution in [2.75, 3.05) is 0 Å². The van der Waals surface area contributed by atoms with E-state index in [4.69, 9.17) is 14.2 Å². The molecule has 0 aliphatic rings. The lowest BCUT2D eigenvalue weighted by atomic mass is 9.99. The summed E-state index contributed by atoms with van der Waals surface area (Å²) in [4.78, 5) is 49.7. The number of carboxylic acids is 1. The number of hydrogen-bond acceptors (Lipinski definition) is 8. The highest BCUT2D eigenvalue weighted by atomic mass is 16.6. The molecule has 9 nitrogen and oxygen atoms in total. The predicted octanol–water partition coefficient (Wildman–Crippen LogP) is 5.18. The van der Waals surface area contributed by atoms with Gasteiger partial charge in [-0.3, -0.25) is 19.7 Å². The van der Waals surface area contributed by atoms with E-state index in [0.29, 0.717) is 24.8 Å². The van der Waals surface area contributed by atoms with E-state index in [-0.39, 0.29) is 49.1 Å². The van der Waals surface area contributed by atoms with Gasteiger partial charge in [0.05, 0.1) is 0 Å². The van der Waals surface area contributed by atoms with Crippen molar-refractivity contribution >= 4 is 23.9 Å². The third-order valence-corrected chi connectivity index (χ3v) is 5.68. The molecule has 2 atom stereocenters. The van der Waals surface area contributed by atoms with Crippen LogP contribution in [-0.4, -0.2) is 40.8 Å². The fourth-order valence-corrected chi connectivity index (χ4v) is 3.47. The van der Waals surface area contributed by atoms with E-state index >= 15 is 0 Å². The Kier molecular flexibility index (Phi) is 13.9. The van der Waals surface area contributed by atoms with Crippen LogP contribution < -0.4 is 14.8 Å². The van der Waals surface area contributed by atoms with Gasteiger partial charge < -0.3 is 19.3 Å². The van der Waals surface area contributed by atoms with Gasteiger partial charge in [-0.15, -0.1) is 0 Å². The van der Waals surface area contributed by atoms with Crippen molar-refractivity contribution in [3.63, 3.8) is 0 Å². The standard InChI is InChI=1S/C28H43NO8/c1-7-10-12-24(30)35-22-15-14-21(17-23(22)36-25(31)13-11-8-2)18-28(27(33)34,29-20(6)9-3)37-26(32)16-19(4)5/h14-15,17,19-20,29H,7-13,16,18H2,1-6H3,(H,33,34)/t20?,28-/m0/s1. The van der Waals surface area contributed by atoms with Crippen LogP contribution >= 0.6 is 0 Å². The molecular formula is C28H43NO8. The Balaban J connectivity index is 3.40.